The Kier molecular flexibility index (Phi) is 5.82. The first kappa shape index (κ1) is 14.5. The van der Waals surface area contributed by atoms with E-state index in [9.17, 15) is 5.11 Å². The van der Waals surface area contributed by atoms with Crippen molar-refractivity contribution in [1.29, 1.82) is 0 Å². The molecule has 0 bridgehead atoms. The van der Waals surface area contributed by atoms with Crippen molar-refractivity contribution < 1.29 is 9.84 Å². The van der Waals surface area contributed by atoms with Crippen molar-refractivity contribution in [2.75, 3.05) is 19.7 Å². The summed E-state index contributed by atoms with van der Waals surface area (Å²) in [5, 5.41) is 17.2. The van der Waals surface area contributed by atoms with E-state index >= 15 is 0 Å². The first-order valence-corrected chi connectivity index (χ1v) is 7.23. The average Bonchev–Trinajstić information content (AvgIpc) is 3.04. The van der Waals surface area contributed by atoms with Gasteiger partial charge >= 0.3 is 0 Å². The van der Waals surface area contributed by atoms with Crippen LogP contribution in [-0.4, -0.2) is 46.8 Å². The van der Waals surface area contributed by atoms with Gasteiger partial charge in [0.05, 0.1) is 18.8 Å². The average molecular weight is 267 g/mol. The highest BCUT2D eigenvalue weighted by Gasteiger charge is 2.16. The van der Waals surface area contributed by atoms with Gasteiger partial charge in [-0.3, -0.25) is 4.68 Å². The fourth-order valence-corrected chi connectivity index (χ4v) is 2.49. The smallest absolute Gasteiger partial charge is 0.0897 e. The molecule has 0 spiro atoms. The molecule has 0 aliphatic heterocycles. The Balaban J connectivity index is 1.51. The third-order valence-corrected chi connectivity index (χ3v) is 3.69. The van der Waals surface area contributed by atoms with E-state index in [1.807, 2.05) is 17.8 Å². The van der Waals surface area contributed by atoms with E-state index in [4.69, 9.17) is 4.74 Å². The molecule has 1 aliphatic rings. The molecule has 0 radical (unpaired) electrons. The van der Waals surface area contributed by atoms with Crippen LogP contribution in [0, 0.1) is 0 Å². The van der Waals surface area contributed by atoms with E-state index in [0.29, 0.717) is 19.3 Å². The highest BCUT2D eigenvalue weighted by atomic mass is 16.5. The molecule has 0 aromatic carbocycles. The number of aromatic nitrogens is 2. The molecule has 1 heterocycles. The first-order chi connectivity index (χ1) is 9.25. The summed E-state index contributed by atoms with van der Waals surface area (Å²) in [5.74, 6) is 0. The van der Waals surface area contributed by atoms with Crippen molar-refractivity contribution in [3.63, 3.8) is 0 Å². The van der Waals surface area contributed by atoms with Crippen molar-refractivity contribution >= 4 is 0 Å². The lowest BCUT2D eigenvalue weighted by Crippen LogP contribution is -2.32. The number of hydrogen-bond donors (Lipinski definition) is 2. The molecule has 2 rings (SSSR count). The minimum Gasteiger partial charge on any atom is -0.389 e. The van der Waals surface area contributed by atoms with Gasteiger partial charge in [-0.25, -0.2) is 0 Å². The van der Waals surface area contributed by atoms with E-state index in [1.165, 1.54) is 18.5 Å². The van der Waals surface area contributed by atoms with Gasteiger partial charge in [0.25, 0.3) is 0 Å². The molecule has 1 aliphatic carbocycles. The predicted molar refractivity (Wildman–Crippen MR) is 74.0 cm³/mol. The summed E-state index contributed by atoms with van der Waals surface area (Å²) in [6.45, 7) is 1.88. The summed E-state index contributed by atoms with van der Waals surface area (Å²) < 4.78 is 7.56. The van der Waals surface area contributed by atoms with E-state index in [-0.39, 0.29) is 0 Å². The minimum absolute atomic E-state index is 0.379. The molecule has 1 aromatic rings. The minimum atomic E-state index is -0.410. The quantitative estimate of drug-likeness (QED) is 0.686. The molecule has 0 saturated heterocycles. The van der Waals surface area contributed by atoms with Crippen LogP contribution in [0.2, 0.25) is 0 Å². The second-order valence-electron chi connectivity index (χ2n) is 5.29. The Morgan fingerprint density at radius 3 is 3.00 bits per heavy atom. The van der Waals surface area contributed by atoms with Gasteiger partial charge in [0.15, 0.2) is 0 Å². The van der Waals surface area contributed by atoms with Crippen LogP contribution in [-0.2, 0) is 18.2 Å². The maximum absolute atomic E-state index is 9.82. The van der Waals surface area contributed by atoms with Crippen LogP contribution in [0.4, 0.5) is 0 Å². The Hall–Kier alpha value is -0.910. The van der Waals surface area contributed by atoms with Gasteiger partial charge < -0.3 is 15.2 Å². The fourth-order valence-electron chi connectivity index (χ4n) is 2.49. The van der Waals surface area contributed by atoms with Gasteiger partial charge in [0.2, 0.25) is 0 Å². The first-order valence-electron chi connectivity index (χ1n) is 7.23. The second-order valence-corrected chi connectivity index (χ2v) is 5.29. The number of aliphatic hydroxyl groups excluding tert-OH is 1. The normalized spacial score (nSPS) is 18.0. The zero-order chi connectivity index (χ0) is 13.5. The Labute approximate surface area is 115 Å². The molecule has 2 N–H and O–H groups in total. The van der Waals surface area contributed by atoms with Crippen molar-refractivity contribution in [3.8, 4) is 0 Å². The van der Waals surface area contributed by atoms with Crippen LogP contribution in [0.5, 0.6) is 0 Å². The number of nitrogens with zero attached hydrogens (tertiary/aromatic N) is 2. The van der Waals surface area contributed by atoms with E-state index in [2.05, 4.69) is 10.4 Å². The molecule has 5 nitrogen and oxygen atoms in total. The molecule has 0 amide bonds. The van der Waals surface area contributed by atoms with Crippen LogP contribution >= 0.6 is 0 Å². The number of rotatable bonds is 8. The summed E-state index contributed by atoms with van der Waals surface area (Å²) in [4.78, 5) is 0. The second kappa shape index (κ2) is 7.62. The van der Waals surface area contributed by atoms with E-state index < -0.39 is 6.10 Å². The number of ether oxygens (including phenoxy) is 1. The number of nitrogens with one attached hydrogen (secondary N) is 1. The fraction of sp³-hybridized carbons (Fsp3) is 0.786. The van der Waals surface area contributed by atoms with Gasteiger partial charge in [-0.05, 0) is 18.9 Å². The van der Waals surface area contributed by atoms with Crippen LogP contribution in [0.1, 0.15) is 31.4 Å². The number of aliphatic hydroxyl groups is 1. The van der Waals surface area contributed by atoms with Gasteiger partial charge in [0, 0.05) is 38.4 Å². The summed E-state index contributed by atoms with van der Waals surface area (Å²) in [5.41, 5.74) is 1.20. The molecule has 1 fully saturated rings. The maximum atomic E-state index is 9.82. The zero-order valence-corrected chi connectivity index (χ0v) is 11.7. The summed E-state index contributed by atoms with van der Waals surface area (Å²) in [6, 6.07) is 2.02. The largest absolute Gasteiger partial charge is 0.389 e. The highest BCUT2D eigenvalue weighted by Crippen LogP contribution is 2.20. The highest BCUT2D eigenvalue weighted by molar-refractivity contribution is 5.00. The van der Waals surface area contributed by atoms with Crippen LogP contribution in [0.15, 0.2) is 12.3 Å². The van der Waals surface area contributed by atoms with Crippen molar-refractivity contribution in [2.24, 2.45) is 7.05 Å². The molecule has 1 saturated carbocycles. The van der Waals surface area contributed by atoms with E-state index in [0.717, 1.165) is 25.8 Å². The standard InChI is InChI=1S/C14H25N3O2/c1-17-12(7-9-16-17)6-8-15-10-13(18)11-19-14-4-2-3-5-14/h7,9,13-15,18H,2-6,8,10-11H2,1H3. The number of aryl methyl sites for hydroxylation is 1. The maximum Gasteiger partial charge on any atom is 0.0897 e. The predicted octanol–water partition coefficient (Wildman–Crippen LogP) is 0.872. The topological polar surface area (TPSA) is 59.3 Å². The molecule has 5 heteroatoms. The molecule has 19 heavy (non-hydrogen) atoms. The summed E-state index contributed by atoms with van der Waals surface area (Å²) in [7, 11) is 1.94. The SMILES string of the molecule is Cn1nccc1CCNCC(O)COC1CCCC1. The van der Waals surface area contributed by atoms with Gasteiger partial charge in [-0.2, -0.15) is 5.10 Å². The molecular weight excluding hydrogens is 242 g/mol. The van der Waals surface area contributed by atoms with Gasteiger partial charge in [-0.15, -0.1) is 0 Å². The zero-order valence-electron chi connectivity index (χ0n) is 11.7. The monoisotopic (exact) mass is 267 g/mol. The van der Waals surface area contributed by atoms with Crippen LogP contribution < -0.4 is 5.32 Å². The van der Waals surface area contributed by atoms with Gasteiger partial charge in [0.1, 0.15) is 0 Å². The van der Waals surface area contributed by atoms with Gasteiger partial charge in [-0.1, -0.05) is 12.8 Å². The molecule has 108 valence electrons. The Bertz CT molecular complexity index is 361. The van der Waals surface area contributed by atoms with E-state index in [1.54, 1.807) is 6.20 Å². The summed E-state index contributed by atoms with van der Waals surface area (Å²) >= 11 is 0. The third kappa shape index (κ3) is 4.93. The Morgan fingerprint density at radius 2 is 2.32 bits per heavy atom. The van der Waals surface area contributed by atoms with Crippen molar-refractivity contribution in [3.05, 3.63) is 18.0 Å². The molecule has 1 atom stereocenters. The third-order valence-electron chi connectivity index (χ3n) is 3.69. The lowest BCUT2D eigenvalue weighted by molar-refractivity contribution is -0.00531. The Morgan fingerprint density at radius 1 is 1.53 bits per heavy atom. The molecule has 1 unspecified atom stereocenters. The lowest BCUT2D eigenvalue weighted by Gasteiger charge is -2.16. The molecule has 1 aromatic heterocycles. The van der Waals surface area contributed by atoms with Crippen molar-refractivity contribution in [1.82, 2.24) is 15.1 Å². The number of hydrogen-bond acceptors (Lipinski definition) is 4. The summed E-state index contributed by atoms with van der Waals surface area (Å²) in [6.07, 6.45) is 7.54. The van der Waals surface area contributed by atoms with Crippen molar-refractivity contribution in [2.45, 2.75) is 44.3 Å². The lowest BCUT2D eigenvalue weighted by atomic mass is 10.3. The molecular formula is C14H25N3O2. The van der Waals surface area contributed by atoms with Crippen LogP contribution in [0.25, 0.3) is 0 Å². The van der Waals surface area contributed by atoms with Crippen LogP contribution in [0.3, 0.4) is 0 Å².